The van der Waals surface area contributed by atoms with Gasteiger partial charge in [0.25, 0.3) is 0 Å². The summed E-state index contributed by atoms with van der Waals surface area (Å²) in [6.45, 7) is 12.6. The molecule has 0 aromatic heterocycles. The molecular formula is C22H31N. The summed E-state index contributed by atoms with van der Waals surface area (Å²) in [4.78, 5) is 0. The monoisotopic (exact) mass is 309 g/mol. The third-order valence-corrected chi connectivity index (χ3v) is 3.49. The van der Waals surface area contributed by atoms with E-state index in [-0.39, 0.29) is 6.04 Å². The van der Waals surface area contributed by atoms with Gasteiger partial charge < -0.3 is 5.32 Å². The summed E-state index contributed by atoms with van der Waals surface area (Å²) in [5, 5.41) is 3.41. The molecule has 2 rings (SSSR count). The van der Waals surface area contributed by atoms with Gasteiger partial charge in [-0.15, -0.1) is 0 Å². The van der Waals surface area contributed by atoms with E-state index in [2.05, 4.69) is 87.7 Å². The van der Waals surface area contributed by atoms with Crippen LogP contribution in [-0.4, -0.2) is 0 Å². The van der Waals surface area contributed by atoms with Gasteiger partial charge in [0.2, 0.25) is 0 Å². The zero-order valence-electron chi connectivity index (χ0n) is 15.4. The van der Waals surface area contributed by atoms with Crippen LogP contribution in [0.3, 0.4) is 0 Å². The van der Waals surface area contributed by atoms with Crippen LogP contribution < -0.4 is 5.32 Å². The molecule has 124 valence electrons. The average molecular weight is 309 g/mol. The Morgan fingerprint density at radius 2 is 1.96 bits per heavy atom. The molecule has 1 atom stereocenters. The molecule has 1 N–H and O–H groups in total. The van der Waals surface area contributed by atoms with E-state index < -0.39 is 0 Å². The van der Waals surface area contributed by atoms with Crippen LogP contribution in [-0.2, 0) is 0 Å². The van der Waals surface area contributed by atoms with Gasteiger partial charge in [-0.05, 0) is 54.8 Å². The minimum atomic E-state index is 0.265. The third-order valence-electron chi connectivity index (χ3n) is 3.49. The molecule has 1 heteroatoms. The van der Waals surface area contributed by atoms with Gasteiger partial charge in [0.15, 0.2) is 0 Å². The first-order valence-electron chi connectivity index (χ1n) is 8.66. The number of benzene rings is 1. The highest BCUT2D eigenvalue weighted by Gasteiger charge is 2.10. The van der Waals surface area contributed by atoms with E-state index in [1.807, 2.05) is 20.0 Å². The Morgan fingerprint density at radius 3 is 2.57 bits per heavy atom. The van der Waals surface area contributed by atoms with Gasteiger partial charge in [-0.3, -0.25) is 0 Å². The van der Waals surface area contributed by atoms with E-state index in [0.717, 1.165) is 0 Å². The second kappa shape index (κ2) is 9.89. The summed E-state index contributed by atoms with van der Waals surface area (Å²) in [7, 11) is 0. The first kappa shape index (κ1) is 19.0. The van der Waals surface area contributed by atoms with E-state index in [0.29, 0.717) is 5.92 Å². The smallest absolute Gasteiger partial charge is 0.0698 e. The molecule has 1 aromatic carbocycles. The predicted molar refractivity (Wildman–Crippen MR) is 104 cm³/mol. The molecular weight excluding hydrogens is 278 g/mol. The van der Waals surface area contributed by atoms with Gasteiger partial charge in [0.05, 0.1) is 6.04 Å². The predicted octanol–water partition coefficient (Wildman–Crippen LogP) is 6.43. The minimum Gasteiger partial charge on any atom is -0.381 e. The first-order chi connectivity index (χ1) is 11.1. The molecule has 0 radical (unpaired) electrons. The van der Waals surface area contributed by atoms with E-state index in [9.17, 15) is 0 Å². The Balaban J connectivity index is 0.00000127. The van der Waals surface area contributed by atoms with Crippen molar-refractivity contribution in [2.75, 3.05) is 0 Å². The van der Waals surface area contributed by atoms with Crippen molar-refractivity contribution in [1.82, 2.24) is 5.32 Å². The SMILES string of the molecule is C/C=C\C(=C/C(C)C)c1cccc(C2C=C(C)C=CN2)c1.CC. The normalized spacial score (nSPS) is 17.6. The van der Waals surface area contributed by atoms with Gasteiger partial charge in [-0.2, -0.15) is 0 Å². The Kier molecular flexibility index (Phi) is 8.18. The van der Waals surface area contributed by atoms with Gasteiger partial charge >= 0.3 is 0 Å². The lowest BCUT2D eigenvalue weighted by atomic mass is 9.95. The van der Waals surface area contributed by atoms with Gasteiger partial charge in [-0.25, -0.2) is 0 Å². The fourth-order valence-corrected chi connectivity index (χ4v) is 2.54. The molecule has 1 heterocycles. The maximum Gasteiger partial charge on any atom is 0.0698 e. The third kappa shape index (κ3) is 5.94. The van der Waals surface area contributed by atoms with Crippen LogP contribution in [0.4, 0.5) is 0 Å². The largest absolute Gasteiger partial charge is 0.381 e. The lowest BCUT2D eigenvalue weighted by Gasteiger charge is -2.19. The molecule has 0 aliphatic carbocycles. The molecule has 0 amide bonds. The van der Waals surface area contributed by atoms with Gasteiger partial charge in [0, 0.05) is 0 Å². The lowest BCUT2D eigenvalue weighted by molar-refractivity contribution is 0.739. The van der Waals surface area contributed by atoms with Crippen LogP contribution in [0.2, 0.25) is 0 Å². The Morgan fingerprint density at radius 1 is 1.22 bits per heavy atom. The fourth-order valence-electron chi connectivity index (χ4n) is 2.54. The average Bonchev–Trinajstić information content (AvgIpc) is 2.56. The Bertz CT molecular complexity index is 600. The highest BCUT2D eigenvalue weighted by atomic mass is 14.9. The Labute approximate surface area is 142 Å². The van der Waals surface area contributed by atoms with Crippen molar-refractivity contribution in [3.8, 4) is 0 Å². The number of rotatable bonds is 4. The molecule has 23 heavy (non-hydrogen) atoms. The van der Waals surface area contributed by atoms with E-state index >= 15 is 0 Å². The molecule has 1 aliphatic rings. The summed E-state index contributed by atoms with van der Waals surface area (Å²) in [5.41, 5.74) is 5.18. The van der Waals surface area contributed by atoms with Gasteiger partial charge in [-0.1, -0.05) is 75.8 Å². The second-order valence-electron chi connectivity index (χ2n) is 5.88. The summed E-state index contributed by atoms with van der Waals surface area (Å²) >= 11 is 0. The van der Waals surface area contributed by atoms with E-state index in [1.165, 1.54) is 22.3 Å². The van der Waals surface area contributed by atoms with Crippen LogP contribution >= 0.6 is 0 Å². The van der Waals surface area contributed by atoms with E-state index in [4.69, 9.17) is 0 Å². The number of nitrogens with one attached hydrogen (secondary N) is 1. The van der Waals surface area contributed by atoms with Crippen LogP contribution in [0.1, 0.15) is 58.7 Å². The minimum absolute atomic E-state index is 0.265. The molecule has 1 unspecified atom stereocenters. The fraction of sp³-hybridized carbons (Fsp3) is 0.364. The van der Waals surface area contributed by atoms with Crippen molar-refractivity contribution in [1.29, 1.82) is 0 Å². The van der Waals surface area contributed by atoms with Crippen LogP contribution in [0.5, 0.6) is 0 Å². The van der Waals surface area contributed by atoms with Crippen molar-refractivity contribution < 1.29 is 0 Å². The highest BCUT2D eigenvalue weighted by molar-refractivity contribution is 5.74. The zero-order chi connectivity index (χ0) is 17.2. The molecule has 0 bridgehead atoms. The number of allylic oxidation sites excluding steroid dienone is 6. The van der Waals surface area contributed by atoms with Crippen LogP contribution in [0, 0.1) is 5.92 Å². The number of hydrogen-bond acceptors (Lipinski definition) is 1. The topological polar surface area (TPSA) is 12.0 Å². The number of hydrogen-bond donors (Lipinski definition) is 1. The quantitative estimate of drug-likeness (QED) is 0.632. The summed E-state index contributed by atoms with van der Waals surface area (Å²) in [5.74, 6) is 0.540. The maximum absolute atomic E-state index is 3.41. The number of dihydropyridines is 1. The molecule has 0 spiro atoms. The summed E-state index contributed by atoms with van der Waals surface area (Å²) in [6, 6.07) is 9.07. The summed E-state index contributed by atoms with van der Waals surface area (Å²) in [6.07, 6.45) is 13.0. The molecule has 0 saturated heterocycles. The molecule has 1 nitrogen and oxygen atoms in total. The van der Waals surface area contributed by atoms with E-state index in [1.54, 1.807) is 0 Å². The summed E-state index contributed by atoms with van der Waals surface area (Å²) < 4.78 is 0. The van der Waals surface area contributed by atoms with Crippen molar-refractivity contribution in [3.05, 3.63) is 77.5 Å². The Hall–Kier alpha value is -2.02. The lowest BCUT2D eigenvalue weighted by Crippen LogP contribution is -2.16. The van der Waals surface area contributed by atoms with Crippen molar-refractivity contribution in [2.45, 2.75) is 47.6 Å². The molecule has 0 fully saturated rings. The molecule has 0 saturated carbocycles. The highest BCUT2D eigenvalue weighted by Crippen LogP contribution is 2.25. The molecule has 1 aliphatic heterocycles. The van der Waals surface area contributed by atoms with Crippen molar-refractivity contribution in [2.24, 2.45) is 5.92 Å². The maximum atomic E-state index is 3.41. The second-order valence-corrected chi connectivity index (χ2v) is 5.88. The molecule has 1 aromatic rings. The van der Waals surface area contributed by atoms with Crippen molar-refractivity contribution in [3.63, 3.8) is 0 Å². The van der Waals surface area contributed by atoms with Crippen molar-refractivity contribution >= 4 is 5.57 Å². The standard InChI is InChI=1S/C20H25N.C2H6/c1-5-7-17(12-15(2)3)18-8-6-9-19(14-18)20-13-16(4)10-11-21-20;1-2/h5-15,20-21H,1-4H3;1-2H3/b7-5-,17-12+;. The van der Waals surface area contributed by atoms with Crippen LogP contribution in [0.25, 0.3) is 5.57 Å². The van der Waals surface area contributed by atoms with Crippen LogP contribution in [0.15, 0.2) is 66.4 Å². The first-order valence-corrected chi connectivity index (χ1v) is 8.66. The zero-order valence-corrected chi connectivity index (χ0v) is 15.4. The van der Waals surface area contributed by atoms with Gasteiger partial charge in [0.1, 0.15) is 0 Å².